The molecule has 0 aromatic heterocycles. The van der Waals surface area contributed by atoms with Crippen LogP contribution in [0.2, 0.25) is 0 Å². The Bertz CT molecular complexity index is 3140. The molecule has 2 aliphatic rings. The molecule has 0 bridgehead atoms. The highest BCUT2D eigenvalue weighted by Crippen LogP contribution is 2.58. The summed E-state index contributed by atoms with van der Waals surface area (Å²) in [5.41, 5.74) is 2.85. The van der Waals surface area contributed by atoms with Crippen molar-refractivity contribution in [2.75, 3.05) is 0 Å². The first kappa shape index (κ1) is 21.9. The van der Waals surface area contributed by atoms with Gasteiger partial charge in [-0.05, 0) is 119 Å². The van der Waals surface area contributed by atoms with E-state index in [0.717, 1.165) is 0 Å². The Morgan fingerprint density at radius 1 is 0.182 bits per heavy atom. The summed E-state index contributed by atoms with van der Waals surface area (Å²) in [7, 11) is 0. The van der Waals surface area contributed by atoms with Crippen molar-refractivity contribution in [1.82, 2.24) is 0 Å². The lowest BCUT2D eigenvalue weighted by molar-refractivity contribution is 1.80. The van der Waals surface area contributed by atoms with E-state index in [1.165, 1.54) is 119 Å². The van der Waals surface area contributed by atoms with Gasteiger partial charge in [-0.1, -0.05) is 133 Å². The molecule has 44 heavy (non-hydrogen) atoms. The van der Waals surface area contributed by atoms with Crippen molar-refractivity contribution in [2.45, 2.75) is 0 Å². The van der Waals surface area contributed by atoms with E-state index in [1.807, 2.05) is 0 Å². The predicted molar refractivity (Wildman–Crippen MR) is 192 cm³/mol. The van der Waals surface area contributed by atoms with Crippen LogP contribution in [-0.2, 0) is 0 Å². The van der Waals surface area contributed by atoms with E-state index in [1.54, 1.807) is 0 Å². The maximum atomic E-state index is 2.40. The summed E-state index contributed by atoms with van der Waals surface area (Å²) < 4.78 is 0. The van der Waals surface area contributed by atoms with Crippen LogP contribution in [0.3, 0.4) is 0 Å². The van der Waals surface area contributed by atoms with Gasteiger partial charge in [0.25, 0.3) is 0 Å². The van der Waals surface area contributed by atoms with Crippen LogP contribution in [0.15, 0.2) is 133 Å². The Morgan fingerprint density at radius 2 is 0.591 bits per heavy atom. The van der Waals surface area contributed by atoms with E-state index in [9.17, 15) is 0 Å². The summed E-state index contributed by atoms with van der Waals surface area (Å²) in [6.45, 7) is 0. The fourth-order valence-electron chi connectivity index (χ4n) is 9.22. The predicted octanol–water partition coefficient (Wildman–Crippen LogP) is 12.6. The quantitative estimate of drug-likeness (QED) is 0.165. The van der Waals surface area contributed by atoms with Crippen LogP contribution in [0, 0.1) is 0 Å². The number of hydrogen-bond acceptors (Lipinski definition) is 0. The van der Waals surface area contributed by atoms with Crippen molar-refractivity contribution in [2.24, 2.45) is 0 Å². The van der Waals surface area contributed by atoms with Crippen LogP contribution < -0.4 is 0 Å². The molecule has 0 saturated carbocycles. The van der Waals surface area contributed by atoms with Gasteiger partial charge < -0.3 is 0 Å². The van der Waals surface area contributed by atoms with Crippen LogP contribution in [0.5, 0.6) is 0 Å². The summed E-state index contributed by atoms with van der Waals surface area (Å²) in [5, 5.41) is 27.1. The van der Waals surface area contributed by atoms with Crippen molar-refractivity contribution in [1.29, 1.82) is 0 Å². The molecule has 0 atom stereocenters. The lowest BCUT2D eigenvalue weighted by atomic mass is 9.86. The topological polar surface area (TPSA) is 0 Å². The van der Waals surface area contributed by atoms with Gasteiger partial charge in [0.15, 0.2) is 0 Å². The molecule has 10 aromatic rings. The third-order valence-corrected chi connectivity index (χ3v) is 10.8. The van der Waals surface area contributed by atoms with Gasteiger partial charge in [-0.3, -0.25) is 0 Å². The average Bonchev–Trinajstić information content (AvgIpc) is 3.36. The third kappa shape index (κ3) is 2.29. The molecule has 0 heteroatoms. The molecular weight excluding hydrogens is 528 g/mol. The lowest BCUT2D eigenvalue weighted by Crippen LogP contribution is -1.88. The number of hydrogen-bond donors (Lipinski definition) is 0. The molecule has 0 radical (unpaired) electrons. The maximum Gasteiger partial charge on any atom is -0.0000699 e. The highest BCUT2D eigenvalue weighted by Gasteiger charge is 2.30. The molecule has 0 saturated heterocycles. The second kappa shape index (κ2) is 7.25. The Morgan fingerprint density at radius 3 is 1.39 bits per heavy atom. The number of benzene rings is 10. The van der Waals surface area contributed by atoms with Crippen molar-refractivity contribution in [3.8, 4) is 11.1 Å². The van der Waals surface area contributed by atoms with Crippen LogP contribution in [0.1, 0.15) is 0 Å². The molecule has 0 nitrogen and oxygen atoms in total. The van der Waals surface area contributed by atoms with Gasteiger partial charge in [-0.15, -0.1) is 0 Å². The zero-order chi connectivity index (χ0) is 28.3. The van der Waals surface area contributed by atoms with Crippen LogP contribution in [0.4, 0.5) is 0 Å². The molecule has 0 N–H and O–H groups in total. The summed E-state index contributed by atoms with van der Waals surface area (Å²) in [5.74, 6) is 0. The van der Waals surface area contributed by atoms with Gasteiger partial charge in [-0.2, -0.15) is 0 Å². The summed E-state index contributed by atoms with van der Waals surface area (Å²) in [6, 6.07) is 50.7. The van der Waals surface area contributed by atoms with Crippen LogP contribution in [0.25, 0.3) is 119 Å². The second-order valence-electron chi connectivity index (χ2n) is 12.7. The molecule has 198 valence electrons. The molecule has 0 spiro atoms. The zero-order valence-electron chi connectivity index (χ0n) is 23.7. The maximum absolute atomic E-state index is 2.40. The van der Waals surface area contributed by atoms with Crippen molar-refractivity contribution in [3.63, 3.8) is 0 Å². The lowest BCUT2D eigenvalue weighted by Gasteiger charge is -2.16. The minimum absolute atomic E-state index is 1.29. The van der Waals surface area contributed by atoms with Crippen LogP contribution in [-0.4, -0.2) is 0 Å². The average molecular weight is 551 g/mol. The molecule has 0 fully saturated rings. The van der Waals surface area contributed by atoms with Crippen molar-refractivity contribution < 1.29 is 0 Å². The largest absolute Gasteiger partial charge is 0.0616 e. The van der Waals surface area contributed by atoms with Gasteiger partial charge in [0.2, 0.25) is 0 Å². The third-order valence-electron chi connectivity index (χ3n) is 10.8. The summed E-state index contributed by atoms with van der Waals surface area (Å²) >= 11 is 0. The Kier molecular flexibility index (Phi) is 3.61. The minimum Gasteiger partial charge on any atom is -0.0616 e. The Balaban J connectivity index is 1.58. The van der Waals surface area contributed by atoms with Gasteiger partial charge in [0.1, 0.15) is 0 Å². The monoisotopic (exact) mass is 550 g/mol. The summed E-state index contributed by atoms with van der Waals surface area (Å²) in [4.78, 5) is 0. The van der Waals surface area contributed by atoms with E-state index in [0.29, 0.717) is 0 Å². The van der Waals surface area contributed by atoms with Gasteiger partial charge in [0, 0.05) is 0 Å². The minimum atomic E-state index is 1.29. The normalized spacial score (nSPS) is 13.0. The fourth-order valence-corrected chi connectivity index (χ4v) is 9.22. The first-order valence-corrected chi connectivity index (χ1v) is 15.5. The molecule has 0 aliphatic heterocycles. The van der Waals surface area contributed by atoms with Crippen molar-refractivity contribution >= 4 is 108 Å². The fraction of sp³-hybridized carbons (Fsp3) is 0. The van der Waals surface area contributed by atoms with E-state index in [2.05, 4.69) is 133 Å². The standard InChI is InChI=1S/C44H22/c1-2-9-27-23(7-1)15-16-25-19-22-32-30-12-6-14-34-38-29-11-4-3-10-28(29)31-21-20-26-18-17-24-8-5-13-33-36(24)37(26)41(31)43(38)44(39(30)34)42(33)40(32)35(25)27/h1-22H. The first-order valence-electron chi connectivity index (χ1n) is 15.5. The van der Waals surface area contributed by atoms with Gasteiger partial charge in [0.05, 0.1) is 0 Å². The highest BCUT2D eigenvalue weighted by atomic mass is 14.3. The molecule has 12 rings (SSSR count). The number of fused-ring (bicyclic) bond motifs is 12. The molecule has 0 unspecified atom stereocenters. The SMILES string of the molecule is c1ccc2c(c1)ccc1ccc3c4cccc5c6c7c8c(ccc9ccc%10cccc(c(c-7c45)c3c12)c%10c98)c1ccccc16. The Labute approximate surface area is 251 Å². The van der Waals surface area contributed by atoms with E-state index >= 15 is 0 Å². The van der Waals surface area contributed by atoms with Gasteiger partial charge >= 0.3 is 0 Å². The highest BCUT2D eigenvalue weighted by molar-refractivity contribution is 6.50. The molecule has 0 heterocycles. The first-order chi connectivity index (χ1) is 21.9. The summed E-state index contributed by atoms with van der Waals surface area (Å²) in [6.07, 6.45) is 0. The van der Waals surface area contributed by atoms with E-state index in [-0.39, 0.29) is 0 Å². The smallest absolute Gasteiger partial charge is 0.0000699 e. The number of rotatable bonds is 0. The van der Waals surface area contributed by atoms with Gasteiger partial charge in [-0.25, -0.2) is 0 Å². The molecule has 0 amide bonds. The Hall–Kier alpha value is -5.72. The molecule has 10 aromatic carbocycles. The molecular formula is C44H22. The van der Waals surface area contributed by atoms with Crippen LogP contribution >= 0.6 is 0 Å². The zero-order valence-corrected chi connectivity index (χ0v) is 23.7. The van der Waals surface area contributed by atoms with Crippen molar-refractivity contribution in [3.05, 3.63) is 133 Å². The van der Waals surface area contributed by atoms with E-state index in [4.69, 9.17) is 0 Å². The second-order valence-corrected chi connectivity index (χ2v) is 12.7. The molecule has 2 aliphatic carbocycles. The van der Waals surface area contributed by atoms with E-state index < -0.39 is 0 Å².